The van der Waals surface area contributed by atoms with E-state index in [-0.39, 0.29) is 0 Å². The Labute approximate surface area is 81.4 Å². The molecule has 0 spiro atoms. The van der Waals surface area contributed by atoms with Gasteiger partial charge in [-0.15, -0.1) is 11.6 Å². The Morgan fingerprint density at radius 2 is 2.00 bits per heavy atom. The molecule has 0 N–H and O–H groups in total. The lowest BCUT2D eigenvalue weighted by Crippen LogP contribution is -2.14. The molecule has 0 saturated carbocycles. The van der Waals surface area contributed by atoms with Crippen LogP contribution in [0.4, 0.5) is 0 Å². The van der Waals surface area contributed by atoms with E-state index in [1.807, 2.05) is 0 Å². The van der Waals surface area contributed by atoms with E-state index >= 15 is 0 Å². The summed E-state index contributed by atoms with van der Waals surface area (Å²) >= 11 is 5.81. The van der Waals surface area contributed by atoms with Crippen molar-refractivity contribution in [2.75, 3.05) is 19.1 Å². The summed E-state index contributed by atoms with van der Waals surface area (Å²) in [6.07, 6.45) is 2.27. The molecule has 0 aliphatic carbocycles. The third kappa shape index (κ3) is 6.93. The van der Waals surface area contributed by atoms with E-state index in [0.717, 1.165) is 31.4 Å². The van der Waals surface area contributed by atoms with E-state index in [1.54, 1.807) is 0 Å². The Balaban J connectivity index is 3.39. The number of ether oxygens (including phenoxy) is 1. The fourth-order valence-corrected chi connectivity index (χ4v) is 1.45. The summed E-state index contributed by atoms with van der Waals surface area (Å²) in [7, 11) is 0. The summed E-state index contributed by atoms with van der Waals surface area (Å²) in [5.41, 5.74) is 0. The van der Waals surface area contributed by atoms with Gasteiger partial charge in [-0.05, 0) is 24.7 Å². The van der Waals surface area contributed by atoms with Crippen LogP contribution in [-0.4, -0.2) is 19.1 Å². The molecule has 74 valence electrons. The van der Waals surface area contributed by atoms with Crippen molar-refractivity contribution >= 4 is 11.6 Å². The Hall–Kier alpha value is 0.250. The highest BCUT2D eigenvalue weighted by Crippen LogP contribution is 2.13. The topological polar surface area (TPSA) is 9.23 Å². The first-order valence-electron chi connectivity index (χ1n) is 4.84. The minimum Gasteiger partial charge on any atom is -0.381 e. The van der Waals surface area contributed by atoms with Crippen LogP contribution >= 0.6 is 11.6 Å². The summed E-state index contributed by atoms with van der Waals surface area (Å²) < 4.78 is 5.45. The Kier molecular flexibility index (Phi) is 8.04. The maximum Gasteiger partial charge on any atom is 0.0505 e. The Bertz CT molecular complexity index is 93.8. The molecule has 0 amide bonds. The van der Waals surface area contributed by atoms with E-state index in [0.29, 0.717) is 5.92 Å². The van der Waals surface area contributed by atoms with E-state index < -0.39 is 0 Å². The Morgan fingerprint density at radius 3 is 2.42 bits per heavy atom. The molecule has 1 atom stereocenters. The third-order valence-electron chi connectivity index (χ3n) is 1.72. The average molecular weight is 193 g/mol. The second-order valence-corrected chi connectivity index (χ2v) is 4.03. The van der Waals surface area contributed by atoms with Crippen LogP contribution in [0.1, 0.15) is 33.6 Å². The standard InChI is InChI=1S/C10H21ClO/c1-4-5-12-8-10(7-11)6-9(2)3/h9-10H,4-8H2,1-3H3. The number of hydrogen-bond donors (Lipinski definition) is 0. The molecule has 0 bridgehead atoms. The third-order valence-corrected chi connectivity index (χ3v) is 2.16. The first-order valence-corrected chi connectivity index (χ1v) is 5.37. The minimum atomic E-state index is 0.540. The molecule has 0 aliphatic heterocycles. The first kappa shape index (κ1) is 12.2. The summed E-state index contributed by atoms with van der Waals surface area (Å²) in [6, 6.07) is 0. The molecule has 12 heavy (non-hydrogen) atoms. The SMILES string of the molecule is CCCOCC(CCl)CC(C)C. The van der Waals surface area contributed by atoms with Gasteiger partial charge in [-0.1, -0.05) is 20.8 Å². The van der Waals surface area contributed by atoms with E-state index in [9.17, 15) is 0 Å². The monoisotopic (exact) mass is 192 g/mol. The van der Waals surface area contributed by atoms with Crippen molar-refractivity contribution < 1.29 is 4.74 Å². The molecule has 0 aliphatic rings. The smallest absolute Gasteiger partial charge is 0.0505 e. The van der Waals surface area contributed by atoms with Gasteiger partial charge in [0.1, 0.15) is 0 Å². The lowest BCUT2D eigenvalue weighted by Gasteiger charge is -2.15. The predicted molar refractivity (Wildman–Crippen MR) is 54.8 cm³/mol. The lowest BCUT2D eigenvalue weighted by molar-refractivity contribution is 0.0993. The largest absolute Gasteiger partial charge is 0.381 e. The molecule has 1 nitrogen and oxygen atoms in total. The van der Waals surface area contributed by atoms with E-state index in [2.05, 4.69) is 20.8 Å². The normalized spacial score (nSPS) is 13.8. The summed E-state index contributed by atoms with van der Waals surface area (Å²) in [4.78, 5) is 0. The van der Waals surface area contributed by atoms with E-state index in [4.69, 9.17) is 16.3 Å². The zero-order valence-corrected chi connectivity index (χ0v) is 9.23. The van der Waals surface area contributed by atoms with E-state index in [1.165, 1.54) is 6.42 Å². The van der Waals surface area contributed by atoms with Crippen molar-refractivity contribution in [2.45, 2.75) is 33.6 Å². The van der Waals surface area contributed by atoms with Gasteiger partial charge in [-0.3, -0.25) is 0 Å². The second-order valence-electron chi connectivity index (χ2n) is 3.72. The fraction of sp³-hybridized carbons (Fsp3) is 1.00. The molecule has 0 saturated heterocycles. The Morgan fingerprint density at radius 1 is 1.33 bits per heavy atom. The number of rotatable bonds is 7. The predicted octanol–water partition coefficient (Wildman–Crippen LogP) is 3.31. The second kappa shape index (κ2) is 7.88. The minimum absolute atomic E-state index is 0.540. The van der Waals surface area contributed by atoms with Crippen molar-refractivity contribution in [3.8, 4) is 0 Å². The van der Waals surface area contributed by atoms with Gasteiger partial charge in [0, 0.05) is 12.5 Å². The highest BCUT2D eigenvalue weighted by atomic mass is 35.5. The van der Waals surface area contributed by atoms with Crippen LogP contribution in [0.5, 0.6) is 0 Å². The highest BCUT2D eigenvalue weighted by molar-refractivity contribution is 6.18. The van der Waals surface area contributed by atoms with Crippen LogP contribution in [0.2, 0.25) is 0 Å². The number of hydrogen-bond acceptors (Lipinski definition) is 1. The van der Waals surface area contributed by atoms with Gasteiger partial charge in [-0.25, -0.2) is 0 Å². The first-order chi connectivity index (χ1) is 5.70. The van der Waals surface area contributed by atoms with Gasteiger partial charge in [0.2, 0.25) is 0 Å². The lowest BCUT2D eigenvalue weighted by atomic mass is 10.00. The summed E-state index contributed by atoms with van der Waals surface area (Å²) in [5, 5.41) is 0. The zero-order chi connectivity index (χ0) is 9.40. The summed E-state index contributed by atoms with van der Waals surface area (Å²) in [5.74, 6) is 1.99. The molecule has 0 radical (unpaired) electrons. The highest BCUT2D eigenvalue weighted by Gasteiger charge is 2.09. The van der Waals surface area contributed by atoms with Gasteiger partial charge < -0.3 is 4.74 Å². The van der Waals surface area contributed by atoms with Crippen LogP contribution in [0.3, 0.4) is 0 Å². The summed E-state index contributed by atoms with van der Waals surface area (Å²) in [6.45, 7) is 8.26. The fourth-order valence-electron chi connectivity index (χ4n) is 1.24. The molecule has 0 fully saturated rings. The number of halogens is 1. The molecular weight excluding hydrogens is 172 g/mol. The van der Waals surface area contributed by atoms with Crippen molar-refractivity contribution in [2.24, 2.45) is 11.8 Å². The van der Waals surface area contributed by atoms with Crippen LogP contribution in [-0.2, 0) is 4.74 Å². The molecule has 0 aromatic carbocycles. The van der Waals surface area contributed by atoms with Crippen molar-refractivity contribution in [3.05, 3.63) is 0 Å². The van der Waals surface area contributed by atoms with Crippen molar-refractivity contribution in [3.63, 3.8) is 0 Å². The average Bonchev–Trinajstić information content (AvgIpc) is 2.02. The van der Waals surface area contributed by atoms with Gasteiger partial charge in [0.15, 0.2) is 0 Å². The van der Waals surface area contributed by atoms with Gasteiger partial charge in [0.05, 0.1) is 6.61 Å². The molecule has 2 heteroatoms. The van der Waals surface area contributed by atoms with Crippen molar-refractivity contribution in [1.82, 2.24) is 0 Å². The maximum atomic E-state index is 5.81. The molecule has 0 heterocycles. The number of alkyl halides is 1. The molecule has 0 aromatic heterocycles. The molecule has 0 aromatic rings. The van der Waals surface area contributed by atoms with Crippen LogP contribution < -0.4 is 0 Å². The van der Waals surface area contributed by atoms with Gasteiger partial charge in [-0.2, -0.15) is 0 Å². The van der Waals surface area contributed by atoms with Crippen LogP contribution in [0.25, 0.3) is 0 Å². The zero-order valence-electron chi connectivity index (χ0n) is 8.48. The van der Waals surface area contributed by atoms with Gasteiger partial charge in [0.25, 0.3) is 0 Å². The van der Waals surface area contributed by atoms with Crippen LogP contribution in [0.15, 0.2) is 0 Å². The maximum absolute atomic E-state index is 5.81. The van der Waals surface area contributed by atoms with Crippen molar-refractivity contribution in [1.29, 1.82) is 0 Å². The quantitative estimate of drug-likeness (QED) is 0.444. The molecule has 0 rings (SSSR count). The van der Waals surface area contributed by atoms with Gasteiger partial charge >= 0.3 is 0 Å². The molecular formula is C10H21ClO. The van der Waals surface area contributed by atoms with Crippen LogP contribution in [0, 0.1) is 11.8 Å². The molecule has 1 unspecified atom stereocenters.